The van der Waals surface area contributed by atoms with Crippen molar-refractivity contribution in [2.45, 2.75) is 12.6 Å². The van der Waals surface area contributed by atoms with Crippen LogP contribution in [0.5, 0.6) is 0 Å². The van der Waals surface area contributed by atoms with E-state index in [1.54, 1.807) is 11.2 Å². The lowest BCUT2D eigenvalue weighted by Gasteiger charge is -2.31. The second kappa shape index (κ2) is 4.01. The molecule has 3 rings (SSSR count). The lowest BCUT2D eigenvalue weighted by Crippen LogP contribution is -2.40. The highest BCUT2D eigenvalue weighted by Crippen LogP contribution is 2.26. The summed E-state index contributed by atoms with van der Waals surface area (Å²) < 4.78 is 1.97. The predicted molar refractivity (Wildman–Crippen MR) is 71.5 cm³/mol. The van der Waals surface area contributed by atoms with Crippen LogP contribution in [0.4, 0.5) is 0 Å². The minimum absolute atomic E-state index is 0.115. The topological polar surface area (TPSA) is 38.1 Å². The molecular weight excluding hydrogens is 225 g/mol. The van der Waals surface area contributed by atoms with E-state index in [-0.39, 0.29) is 11.9 Å². The summed E-state index contributed by atoms with van der Waals surface area (Å²) in [5.74, 6) is 0.115. The Hall–Kier alpha value is -2.04. The number of aromatic nitrogens is 2. The maximum atomic E-state index is 12.3. The summed E-state index contributed by atoms with van der Waals surface area (Å²) in [6.45, 7) is 0.626. The molecule has 0 bridgehead atoms. The van der Waals surface area contributed by atoms with Crippen LogP contribution in [0.1, 0.15) is 17.3 Å². The average Bonchev–Trinajstić information content (AvgIpc) is 2.80. The number of rotatable bonds is 1. The molecule has 1 aromatic carbocycles. The second-order valence-electron chi connectivity index (χ2n) is 4.80. The third-order valence-corrected chi connectivity index (χ3v) is 3.43. The Kier molecular flexibility index (Phi) is 2.47. The number of nitrogens with zero attached hydrogens (tertiary/aromatic N) is 3. The van der Waals surface area contributed by atoms with Gasteiger partial charge in [0.05, 0.1) is 18.6 Å². The van der Waals surface area contributed by atoms with Crippen LogP contribution in [0.25, 0.3) is 0 Å². The smallest absolute Gasteiger partial charge is 0.250 e. The van der Waals surface area contributed by atoms with E-state index in [9.17, 15) is 4.79 Å². The van der Waals surface area contributed by atoms with Gasteiger partial charge in [-0.3, -0.25) is 4.79 Å². The first-order valence-corrected chi connectivity index (χ1v) is 5.99. The summed E-state index contributed by atoms with van der Waals surface area (Å²) in [6, 6.07) is 7.82. The summed E-state index contributed by atoms with van der Waals surface area (Å²) in [6.07, 6.45) is 3.56. The van der Waals surface area contributed by atoms with Gasteiger partial charge in [-0.25, -0.2) is 4.98 Å². The third kappa shape index (κ3) is 1.63. The van der Waals surface area contributed by atoms with Gasteiger partial charge in [0, 0.05) is 13.2 Å². The molecule has 5 heteroatoms. The fourth-order valence-corrected chi connectivity index (χ4v) is 2.39. The number of hydrogen-bond acceptors (Lipinski definition) is 2. The van der Waals surface area contributed by atoms with Gasteiger partial charge in [0.15, 0.2) is 0 Å². The van der Waals surface area contributed by atoms with E-state index in [1.807, 2.05) is 49.9 Å². The SMILES string of the molecule is Bc1ccc(C2C(=O)N(C)Cc3cncn32)cc1. The van der Waals surface area contributed by atoms with E-state index in [4.69, 9.17) is 0 Å². The van der Waals surface area contributed by atoms with Gasteiger partial charge in [0.1, 0.15) is 13.9 Å². The second-order valence-corrected chi connectivity index (χ2v) is 4.80. The number of benzene rings is 1. The molecule has 1 unspecified atom stereocenters. The number of fused-ring (bicyclic) bond motifs is 1. The van der Waals surface area contributed by atoms with Gasteiger partial charge < -0.3 is 9.47 Å². The fraction of sp³-hybridized carbons (Fsp3) is 0.231. The summed E-state index contributed by atoms with van der Waals surface area (Å²) in [4.78, 5) is 18.3. The predicted octanol–water partition coefficient (Wildman–Crippen LogP) is -0.297. The number of carbonyl (C=O) groups is 1. The number of carbonyl (C=O) groups excluding carboxylic acids is 1. The Morgan fingerprint density at radius 1 is 1.33 bits per heavy atom. The molecule has 0 aliphatic carbocycles. The molecule has 4 nitrogen and oxygen atoms in total. The summed E-state index contributed by atoms with van der Waals surface area (Å²) in [5, 5.41) is 0. The lowest BCUT2D eigenvalue weighted by molar-refractivity contribution is -0.134. The molecule has 0 saturated carbocycles. The highest BCUT2D eigenvalue weighted by atomic mass is 16.2. The highest BCUT2D eigenvalue weighted by molar-refractivity contribution is 6.32. The molecule has 2 aromatic rings. The molecule has 0 radical (unpaired) electrons. The highest BCUT2D eigenvalue weighted by Gasteiger charge is 2.31. The van der Waals surface area contributed by atoms with Crippen LogP contribution in [0.2, 0.25) is 0 Å². The standard InChI is InChI=1S/C13H14BN3O/c1-16-7-11-6-15-8-17(11)12(13(16)18)9-2-4-10(14)5-3-9/h2-6,8,12H,7,14H2,1H3. The van der Waals surface area contributed by atoms with Gasteiger partial charge in [-0.1, -0.05) is 29.7 Å². The summed E-state index contributed by atoms with van der Waals surface area (Å²) in [7, 11) is 3.88. The van der Waals surface area contributed by atoms with Gasteiger partial charge in [0.25, 0.3) is 0 Å². The van der Waals surface area contributed by atoms with Crippen LogP contribution < -0.4 is 5.46 Å². The molecule has 2 heterocycles. The van der Waals surface area contributed by atoms with Gasteiger partial charge >= 0.3 is 0 Å². The average molecular weight is 239 g/mol. The molecule has 1 aliphatic heterocycles. The quantitative estimate of drug-likeness (QED) is 0.641. The Morgan fingerprint density at radius 3 is 2.78 bits per heavy atom. The molecule has 1 aliphatic rings. The first kappa shape index (κ1) is 11.1. The van der Waals surface area contributed by atoms with Crippen molar-refractivity contribution in [2.75, 3.05) is 7.05 Å². The monoisotopic (exact) mass is 239 g/mol. The first-order chi connectivity index (χ1) is 8.66. The van der Waals surface area contributed by atoms with Crippen LogP contribution >= 0.6 is 0 Å². The maximum Gasteiger partial charge on any atom is 0.250 e. The van der Waals surface area contributed by atoms with Crippen molar-refractivity contribution in [1.29, 1.82) is 0 Å². The molecule has 1 aromatic heterocycles. The van der Waals surface area contributed by atoms with Crippen LogP contribution in [0.3, 0.4) is 0 Å². The van der Waals surface area contributed by atoms with Crippen molar-refractivity contribution < 1.29 is 4.79 Å². The largest absolute Gasteiger partial charge is 0.338 e. The maximum absolute atomic E-state index is 12.3. The number of likely N-dealkylation sites (N-methyl/N-ethyl adjacent to an activating group) is 1. The molecule has 18 heavy (non-hydrogen) atoms. The van der Waals surface area contributed by atoms with Crippen LogP contribution in [0.15, 0.2) is 36.8 Å². The molecule has 1 amide bonds. The Bertz CT molecular complexity index is 591. The van der Waals surface area contributed by atoms with Crippen LogP contribution in [0, 0.1) is 0 Å². The molecule has 90 valence electrons. The van der Waals surface area contributed by atoms with Crippen molar-refractivity contribution in [2.24, 2.45) is 0 Å². The van der Waals surface area contributed by atoms with E-state index in [0.717, 1.165) is 11.3 Å². The number of imidazole rings is 1. The Labute approximate surface area is 107 Å². The fourth-order valence-electron chi connectivity index (χ4n) is 2.39. The molecular formula is C13H14BN3O. The third-order valence-electron chi connectivity index (χ3n) is 3.43. The van der Waals surface area contributed by atoms with E-state index in [0.29, 0.717) is 6.54 Å². The van der Waals surface area contributed by atoms with Gasteiger partial charge in [-0.05, 0) is 5.56 Å². The van der Waals surface area contributed by atoms with Gasteiger partial charge in [-0.2, -0.15) is 0 Å². The van der Waals surface area contributed by atoms with Crippen molar-refractivity contribution in [3.8, 4) is 0 Å². The zero-order valence-electron chi connectivity index (χ0n) is 10.5. The Balaban J connectivity index is 2.10. The van der Waals surface area contributed by atoms with Crippen molar-refractivity contribution in [3.05, 3.63) is 48.0 Å². The summed E-state index contributed by atoms with van der Waals surface area (Å²) >= 11 is 0. The van der Waals surface area contributed by atoms with Crippen molar-refractivity contribution in [1.82, 2.24) is 14.5 Å². The van der Waals surface area contributed by atoms with Crippen LogP contribution in [-0.2, 0) is 11.3 Å². The molecule has 0 saturated heterocycles. The van der Waals surface area contributed by atoms with E-state index >= 15 is 0 Å². The normalized spacial score (nSPS) is 18.8. The minimum atomic E-state index is -0.276. The molecule has 1 atom stereocenters. The first-order valence-electron chi connectivity index (χ1n) is 5.99. The van der Waals surface area contributed by atoms with Crippen molar-refractivity contribution >= 4 is 19.2 Å². The van der Waals surface area contributed by atoms with E-state index in [2.05, 4.69) is 4.98 Å². The zero-order chi connectivity index (χ0) is 12.7. The van der Waals surface area contributed by atoms with Crippen LogP contribution in [-0.4, -0.2) is 35.3 Å². The van der Waals surface area contributed by atoms with E-state index in [1.165, 1.54) is 5.46 Å². The Morgan fingerprint density at radius 2 is 2.06 bits per heavy atom. The molecule has 0 spiro atoms. The van der Waals surface area contributed by atoms with E-state index < -0.39 is 0 Å². The number of hydrogen-bond donors (Lipinski definition) is 0. The minimum Gasteiger partial charge on any atom is -0.338 e. The van der Waals surface area contributed by atoms with Crippen molar-refractivity contribution in [3.63, 3.8) is 0 Å². The number of amides is 1. The van der Waals surface area contributed by atoms with Gasteiger partial charge in [0.2, 0.25) is 5.91 Å². The summed E-state index contributed by atoms with van der Waals surface area (Å²) in [5.41, 5.74) is 3.28. The zero-order valence-corrected chi connectivity index (χ0v) is 10.5. The molecule has 0 N–H and O–H groups in total. The van der Waals surface area contributed by atoms with Gasteiger partial charge in [-0.15, -0.1) is 0 Å². The lowest BCUT2D eigenvalue weighted by atomic mass is 9.93. The molecule has 0 fully saturated rings.